The van der Waals surface area contributed by atoms with Gasteiger partial charge < -0.3 is 10.6 Å². The molecule has 0 bridgehead atoms. The molecule has 2 heterocycles. The molecule has 0 radical (unpaired) electrons. The lowest BCUT2D eigenvalue weighted by Crippen LogP contribution is -2.31. The summed E-state index contributed by atoms with van der Waals surface area (Å²) in [5, 5.41) is 0.758. The van der Waals surface area contributed by atoms with E-state index in [0.717, 1.165) is 29.9 Å². The lowest BCUT2D eigenvalue weighted by atomic mass is 10.1. The third-order valence-corrected chi connectivity index (χ3v) is 4.63. The smallest absolute Gasteiger partial charge is 0.231 e. The largest absolute Gasteiger partial charge is 0.368 e. The van der Waals surface area contributed by atoms with Crippen LogP contribution in [-0.2, 0) is 0 Å². The maximum atomic E-state index is 5.80. The molecule has 2 rings (SSSR count). The molecule has 0 aliphatic carbocycles. The van der Waals surface area contributed by atoms with E-state index in [9.17, 15) is 0 Å². The number of hydrogen-bond donors (Lipinski definition) is 1. The molecule has 0 saturated carbocycles. The Balaban J connectivity index is 2.05. The van der Waals surface area contributed by atoms with E-state index in [1.165, 1.54) is 25.7 Å². The average molecular weight is 281 g/mol. The molecule has 0 aromatic carbocycles. The summed E-state index contributed by atoms with van der Waals surface area (Å²) in [6.07, 6.45) is 4.89. The minimum Gasteiger partial charge on any atom is -0.368 e. The first-order valence-corrected chi connectivity index (χ1v) is 8.07. The number of hydrogen-bond acceptors (Lipinski definition) is 6. The highest BCUT2D eigenvalue weighted by Gasteiger charge is 2.15. The van der Waals surface area contributed by atoms with Gasteiger partial charge in [0.15, 0.2) is 5.16 Å². The van der Waals surface area contributed by atoms with Crippen molar-refractivity contribution in [3.8, 4) is 0 Å². The van der Waals surface area contributed by atoms with Crippen molar-refractivity contribution in [3.05, 3.63) is 0 Å². The van der Waals surface area contributed by atoms with Gasteiger partial charge in [-0.1, -0.05) is 32.0 Å². The van der Waals surface area contributed by atoms with Crippen LogP contribution in [0.15, 0.2) is 5.16 Å². The third kappa shape index (κ3) is 4.23. The van der Waals surface area contributed by atoms with Crippen LogP contribution in [0.1, 0.15) is 39.5 Å². The summed E-state index contributed by atoms with van der Waals surface area (Å²) in [5.41, 5.74) is 5.80. The molecular formula is C13H23N5S. The van der Waals surface area contributed by atoms with Crippen molar-refractivity contribution in [1.29, 1.82) is 0 Å². The van der Waals surface area contributed by atoms with E-state index in [-0.39, 0.29) is 0 Å². The van der Waals surface area contributed by atoms with E-state index in [0.29, 0.717) is 11.9 Å². The maximum Gasteiger partial charge on any atom is 0.231 e. The Kier molecular flexibility index (Phi) is 5.24. The van der Waals surface area contributed by atoms with E-state index in [4.69, 9.17) is 5.73 Å². The first-order valence-electron chi connectivity index (χ1n) is 7.08. The number of thioether (sulfide) groups is 1. The lowest BCUT2D eigenvalue weighted by molar-refractivity contribution is 0.565. The summed E-state index contributed by atoms with van der Waals surface area (Å²) >= 11 is 1.68. The summed E-state index contributed by atoms with van der Waals surface area (Å²) in [4.78, 5) is 15.3. The highest BCUT2D eigenvalue weighted by molar-refractivity contribution is 7.99. The zero-order valence-corrected chi connectivity index (χ0v) is 12.6. The summed E-state index contributed by atoms with van der Waals surface area (Å²) < 4.78 is 0. The molecule has 0 spiro atoms. The number of anilines is 2. The molecule has 106 valence electrons. The Morgan fingerprint density at radius 2 is 1.95 bits per heavy atom. The van der Waals surface area contributed by atoms with Gasteiger partial charge in [0.25, 0.3) is 0 Å². The third-order valence-electron chi connectivity index (χ3n) is 3.45. The summed E-state index contributed by atoms with van der Waals surface area (Å²) in [7, 11) is 0. The number of nitrogens with zero attached hydrogens (tertiary/aromatic N) is 4. The van der Waals surface area contributed by atoms with Gasteiger partial charge in [0.05, 0.1) is 0 Å². The van der Waals surface area contributed by atoms with E-state index in [1.54, 1.807) is 11.8 Å². The highest BCUT2D eigenvalue weighted by atomic mass is 32.2. The van der Waals surface area contributed by atoms with Gasteiger partial charge in [-0.15, -0.1) is 0 Å². The summed E-state index contributed by atoms with van der Waals surface area (Å²) in [5.74, 6) is 2.78. The highest BCUT2D eigenvalue weighted by Crippen LogP contribution is 2.22. The molecule has 19 heavy (non-hydrogen) atoms. The minimum atomic E-state index is 0.335. The van der Waals surface area contributed by atoms with E-state index >= 15 is 0 Å². The van der Waals surface area contributed by atoms with Crippen molar-refractivity contribution in [3.63, 3.8) is 0 Å². The SMILES string of the molecule is CCC(C)CSc1nc(N)nc(N2CCCCC2)n1. The van der Waals surface area contributed by atoms with Crippen LogP contribution in [0.4, 0.5) is 11.9 Å². The molecule has 5 nitrogen and oxygen atoms in total. The Hall–Kier alpha value is -1.04. The van der Waals surface area contributed by atoms with Gasteiger partial charge in [0.2, 0.25) is 11.9 Å². The lowest BCUT2D eigenvalue weighted by Gasteiger charge is -2.26. The van der Waals surface area contributed by atoms with Crippen molar-refractivity contribution < 1.29 is 0 Å². The van der Waals surface area contributed by atoms with E-state index in [2.05, 4.69) is 33.7 Å². The molecule has 1 saturated heterocycles. The van der Waals surface area contributed by atoms with Crippen LogP contribution in [-0.4, -0.2) is 33.8 Å². The second-order valence-electron chi connectivity index (χ2n) is 5.15. The zero-order chi connectivity index (χ0) is 13.7. The number of nitrogens with two attached hydrogens (primary N) is 1. The molecular weight excluding hydrogens is 258 g/mol. The van der Waals surface area contributed by atoms with E-state index < -0.39 is 0 Å². The number of piperidine rings is 1. The number of aromatic nitrogens is 3. The van der Waals surface area contributed by atoms with Gasteiger partial charge in [-0.05, 0) is 25.2 Å². The first kappa shape index (κ1) is 14.4. The zero-order valence-electron chi connectivity index (χ0n) is 11.8. The first-order chi connectivity index (χ1) is 9.19. The molecule has 1 aliphatic rings. The van der Waals surface area contributed by atoms with Gasteiger partial charge in [-0.3, -0.25) is 0 Å². The van der Waals surface area contributed by atoms with Gasteiger partial charge >= 0.3 is 0 Å². The topological polar surface area (TPSA) is 67.9 Å². The quantitative estimate of drug-likeness (QED) is 0.837. The normalized spacial score (nSPS) is 17.5. The molecule has 1 aliphatic heterocycles. The molecule has 1 unspecified atom stereocenters. The van der Waals surface area contributed by atoms with Crippen LogP contribution in [0.3, 0.4) is 0 Å². The molecule has 1 aromatic heterocycles. The minimum absolute atomic E-state index is 0.335. The predicted molar refractivity (Wildman–Crippen MR) is 80.5 cm³/mol. The summed E-state index contributed by atoms with van der Waals surface area (Å²) in [6, 6.07) is 0. The Morgan fingerprint density at radius 3 is 2.63 bits per heavy atom. The molecule has 2 N–H and O–H groups in total. The van der Waals surface area contributed by atoms with Crippen LogP contribution >= 0.6 is 11.8 Å². The molecule has 1 aromatic rings. The second kappa shape index (κ2) is 6.93. The van der Waals surface area contributed by atoms with Crippen LogP contribution in [0, 0.1) is 5.92 Å². The van der Waals surface area contributed by atoms with E-state index in [1.807, 2.05) is 0 Å². The van der Waals surface area contributed by atoms with Gasteiger partial charge in [-0.2, -0.15) is 15.0 Å². The van der Waals surface area contributed by atoms with Crippen LogP contribution in [0.5, 0.6) is 0 Å². The standard InChI is InChI=1S/C13H23N5S/c1-3-10(2)9-19-13-16-11(14)15-12(17-13)18-7-5-4-6-8-18/h10H,3-9H2,1-2H3,(H2,14,15,16,17). The predicted octanol–water partition coefficient (Wildman–Crippen LogP) is 2.58. The average Bonchev–Trinajstić information content (AvgIpc) is 2.45. The van der Waals surface area contributed by atoms with Crippen molar-refractivity contribution >= 4 is 23.7 Å². The van der Waals surface area contributed by atoms with Crippen molar-refractivity contribution in [1.82, 2.24) is 15.0 Å². The fraction of sp³-hybridized carbons (Fsp3) is 0.769. The van der Waals surface area contributed by atoms with Crippen LogP contribution in [0.25, 0.3) is 0 Å². The number of nitrogen functional groups attached to an aromatic ring is 1. The fourth-order valence-corrected chi connectivity index (χ4v) is 2.97. The second-order valence-corrected chi connectivity index (χ2v) is 6.14. The fourth-order valence-electron chi connectivity index (χ4n) is 2.00. The Morgan fingerprint density at radius 1 is 1.21 bits per heavy atom. The van der Waals surface area contributed by atoms with Crippen molar-refractivity contribution in [2.75, 3.05) is 29.5 Å². The van der Waals surface area contributed by atoms with Gasteiger partial charge in [-0.25, -0.2) is 0 Å². The molecule has 1 fully saturated rings. The molecule has 0 amide bonds. The molecule has 1 atom stereocenters. The maximum absolute atomic E-state index is 5.80. The van der Waals surface area contributed by atoms with Gasteiger partial charge in [0.1, 0.15) is 0 Å². The number of rotatable bonds is 5. The monoisotopic (exact) mass is 281 g/mol. The molecule has 6 heteroatoms. The van der Waals surface area contributed by atoms with Crippen molar-refractivity contribution in [2.24, 2.45) is 5.92 Å². The van der Waals surface area contributed by atoms with Gasteiger partial charge in [0, 0.05) is 18.8 Å². The van der Waals surface area contributed by atoms with Crippen LogP contribution in [0.2, 0.25) is 0 Å². The summed E-state index contributed by atoms with van der Waals surface area (Å²) in [6.45, 7) is 6.49. The Bertz CT molecular complexity index is 406. The Labute approximate surface area is 119 Å². The van der Waals surface area contributed by atoms with Crippen molar-refractivity contribution in [2.45, 2.75) is 44.7 Å². The van der Waals surface area contributed by atoms with Crippen LogP contribution < -0.4 is 10.6 Å².